The van der Waals surface area contributed by atoms with E-state index in [4.69, 9.17) is 5.73 Å². The molecule has 1 atom stereocenters. The van der Waals surface area contributed by atoms with Crippen LogP contribution >= 0.6 is 15.9 Å². The van der Waals surface area contributed by atoms with Crippen molar-refractivity contribution in [1.82, 2.24) is 14.8 Å². The Hall–Kier alpha value is -1.72. The molecule has 0 aliphatic heterocycles. The first kappa shape index (κ1) is 14.2. The van der Waals surface area contributed by atoms with Crippen LogP contribution in [0.3, 0.4) is 0 Å². The second kappa shape index (κ2) is 5.58. The average molecular weight is 345 g/mol. The van der Waals surface area contributed by atoms with Crippen LogP contribution in [0.5, 0.6) is 0 Å². The Morgan fingerprint density at radius 2 is 2.05 bits per heavy atom. The van der Waals surface area contributed by atoms with Crippen LogP contribution in [0.15, 0.2) is 41.0 Å². The van der Waals surface area contributed by atoms with Crippen LogP contribution in [0, 0.1) is 6.92 Å². The highest BCUT2D eigenvalue weighted by Gasteiger charge is 2.17. The van der Waals surface area contributed by atoms with Gasteiger partial charge >= 0.3 is 0 Å². The molecule has 0 bridgehead atoms. The van der Waals surface area contributed by atoms with Crippen molar-refractivity contribution in [3.8, 4) is 0 Å². The standard InChI is InChI=1S/C16H17BrN4/c1-10-15(17)14(21(2)20-10)9-13(18)16-12-6-4-3-5-11(12)7-8-19-16/h3-8,13H,9,18H2,1-2H3. The SMILES string of the molecule is Cc1nn(C)c(CC(N)c2nccc3ccccc23)c1Br. The maximum atomic E-state index is 6.42. The first-order chi connectivity index (χ1) is 10.1. The van der Waals surface area contributed by atoms with Crippen LogP contribution in [0.2, 0.25) is 0 Å². The van der Waals surface area contributed by atoms with Gasteiger partial charge in [-0.3, -0.25) is 9.67 Å². The lowest BCUT2D eigenvalue weighted by atomic mass is 10.0. The van der Waals surface area contributed by atoms with Crippen molar-refractivity contribution in [1.29, 1.82) is 0 Å². The summed E-state index contributed by atoms with van der Waals surface area (Å²) in [6, 6.07) is 10.0. The number of nitrogens with two attached hydrogens (primary N) is 1. The fourth-order valence-corrected chi connectivity index (χ4v) is 3.14. The Morgan fingerprint density at radius 3 is 2.76 bits per heavy atom. The van der Waals surface area contributed by atoms with E-state index in [1.807, 2.05) is 43.0 Å². The molecule has 1 unspecified atom stereocenters. The molecule has 5 heteroatoms. The third-order valence-electron chi connectivity index (χ3n) is 3.73. The number of aromatic nitrogens is 3. The van der Waals surface area contributed by atoms with Gasteiger partial charge < -0.3 is 5.73 Å². The number of benzene rings is 1. The van der Waals surface area contributed by atoms with Crippen LogP contribution in [-0.2, 0) is 13.5 Å². The van der Waals surface area contributed by atoms with Crippen LogP contribution in [0.1, 0.15) is 23.1 Å². The van der Waals surface area contributed by atoms with Crippen molar-refractivity contribution in [2.45, 2.75) is 19.4 Å². The molecular formula is C16H17BrN4. The Labute approximate surface area is 132 Å². The third kappa shape index (κ3) is 2.59. The maximum Gasteiger partial charge on any atom is 0.0738 e. The molecule has 4 nitrogen and oxygen atoms in total. The summed E-state index contributed by atoms with van der Waals surface area (Å²) < 4.78 is 2.91. The summed E-state index contributed by atoms with van der Waals surface area (Å²) in [6.07, 6.45) is 2.51. The molecule has 3 aromatic rings. The number of rotatable bonds is 3. The third-order valence-corrected chi connectivity index (χ3v) is 4.76. The van der Waals surface area contributed by atoms with Gasteiger partial charge in [-0.25, -0.2) is 0 Å². The zero-order chi connectivity index (χ0) is 15.0. The first-order valence-electron chi connectivity index (χ1n) is 6.85. The van der Waals surface area contributed by atoms with Crippen LogP contribution in [0.25, 0.3) is 10.8 Å². The summed E-state index contributed by atoms with van der Waals surface area (Å²) in [5, 5.41) is 6.69. The molecule has 1 aromatic carbocycles. The van der Waals surface area contributed by atoms with Gasteiger partial charge in [-0.2, -0.15) is 5.10 Å². The predicted molar refractivity (Wildman–Crippen MR) is 88.0 cm³/mol. The molecule has 0 fully saturated rings. The van der Waals surface area contributed by atoms with E-state index in [1.165, 1.54) is 5.39 Å². The van der Waals surface area contributed by atoms with Crippen LogP contribution in [-0.4, -0.2) is 14.8 Å². The smallest absolute Gasteiger partial charge is 0.0738 e. The fraction of sp³-hybridized carbons (Fsp3) is 0.250. The number of pyridine rings is 1. The van der Waals surface area contributed by atoms with Crippen molar-refractivity contribution in [2.24, 2.45) is 12.8 Å². The molecule has 0 radical (unpaired) electrons. The summed E-state index contributed by atoms with van der Waals surface area (Å²) in [5.74, 6) is 0. The highest BCUT2D eigenvalue weighted by Crippen LogP contribution is 2.27. The van der Waals surface area contributed by atoms with Gasteiger partial charge in [-0.15, -0.1) is 0 Å². The van der Waals surface area contributed by atoms with Gasteiger partial charge in [0.25, 0.3) is 0 Å². The lowest BCUT2D eigenvalue weighted by Crippen LogP contribution is -2.17. The number of aryl methyl sites for hydroxylation is 2. The Balaban J connectivity index is 1.99. The van der Waals surface area contributed by atoms with Gasteiger partial charge in [0, 0.05) is 25.1 Å². The Bertz CT molecular complexity index is 789. The van der Waals surface area contributed by atoms with E-state index >= 15 is 0 Å². The molecule has 3 rings (SSSR count). The van der Waals surface area contributed by atoms with Crippen molar-refractivity contribution in [3.05, 3.63) is 58.1 Å². The van der Waals surface area contributed by atoms with E-state index in [0.717, 1.165) is 26.9 Å². The number of hydrogen-bond donors (Lipinski definition) is 1. The number of halogens is 1. The maximum absolute atomic E-state index is 6.42. The van der Waals surface area contributed by atoms with E-state index in [1.54, 1.807) is 0 Å². The molecule has 0 saturated carbocycles. The van der Waals surface area contributed by atoms with Gasteiger partial charge in [-0.05, 0) is 34.3 Å². The zero-order valence-corrected chi connectivity index (χ0v) is 13.6. The Kier molecular flexibility index (Phi) is 3.78. The molecule has 0 aliphatic carbocycles. The highest BCUT2D eigenvalue weighted by atomic mass is 79.9. The monoisotopic (exact) mass is 344 g/mol. The van der Waals surface area contributed by atoms with E-state index in [-0.39, 0.29) is 6.04 Å². The van der Waals surface area contributed by atoms with Crippen molar-refractivity contribution in [3.63, 3.8) is 0 Å². The van der Waals surface area contributed by atoms with Crippen molar-refractivity contribution in [2.75, 3.05) is 0 Å². The summed E-state index contributed by atoms with van der Waals surface area (Å²) in [6.45, 7) is 1.98. The van der Waals surface area contributed by atoms with Crippen molar-refractivity contribution >= 4 is 26.7 Å². The van der Waals surface area contributed by atoms with Gasteiger partial charge in [0.2, 0.25) is 0 Å². The van der Waals surface area contributed by atoms with E-state index < -0.39 is 0 Å². The molecule has 0 amide bonds. The normalized spacial score (nSPS) is 12.8. The van der Waals surface area contributed by atoms with Gasteiger partial charge in [-0.1, -0.05) is 24.3 Å². The minimum absolute atomic E-state index is 0.165. The first-order valence-corrected chi connectivity index (χ1v) is 7.64. The van der Waals surface area contributed by atoms with Gasteiger partial charge in [0.15, 0.2) is 0 Å². The van der Waals surface area contributed by atoms with Crippen molar-refractivity contribution < 1.29 is 0 Å². The number of fused-ring (bicyclic) bond motifs is 1. The molecule has 2 aromatic heterocycles. The quantitative estimate of drug-likeness (QED) is 0.793. The average Bonchev–Trinajstić information content (AvgIpc) is 2.73. The van der Waals surface area contributed by atoms with Gasteiger partial charge in [0.1, 0.15) is 0 Å². The number of nitrogens with zero attached hydrogens (tertiary/aromatic N) is 3. The number of hydrogen-bond acceptors (Lipinski definition) is 3. The van der Waals surface area contributed by atoms with Crippen LogP contribution in [0.4, 0.5) is 0 Å². The molecule has 21 heavy (non-hydrogen) atoms. The molecule has 2 N–H and O–H groups in total. The largest absolute Gasteiger partial charge is 0.322 e. The summed E-state index contributed by atoms with van der Waals surface area (Å²) in [5.41, 5.74) is 9.41. The molecule has 108 valence electrons. The summed E-state index contributed by atoms with van der Waals surface area (Å²) in [4.78, 5) is 4.50. The lowest BCUT2D eigenvalue weighted by molar-refractivity contribution is 0.631. The van der Waals surface area contributed by atoms with Gasteiger partial charge in [0.05, 0.1) is 27.6 Å². The predicted octanol–water partition coefficient (Wildman–Crippen LogP) is 3.28. The van der Waals surface area contributed by atoms with E-state index in [0.29, 0.717) is 6.42 Å². The fourth-order valence-electron chi connectivity index (χ4n) is 2.65. The molecule has 2 heterocycles. The minimum Gasteiger partial charge on any atom is -0.322 e. The zero-order valence-electron chi connectivity index (χ0n) is 12.0. The summed E-state index contributed by atoms with van der Waals surface area (Å²) in [7, 11) is 1.94. The minimum atomic E-state index is -0.165. The van der Waals surface area contributed by atoms with E-state index in [9.17, 15) is 0 Å². The molecule has 0 spiro atoms. The van der Waals surface area contributed by atoms with E-state index in [2.05, 4.69) is 38.1 Å². The lowest BCUT2D eigenvalue weighted by Gasteiger charge is -2.14. The molecule has 0 aliphatic rings. The molecule has 0 saturated heterocycles. The second-order valence-corrected chi connectivity index (χ2v) is 5.99. The van der Waals surface area contributed by atoms with Crippen LogP contribution < -0.4 is 5.73 Å². The Morgan fingerprint density at radius 1 is 1.29 bits per heavy atom. The summed E-state index contributed by atoms with van der Waals surface area (Å²) >= 11 is 3.59. The molecular weight excluding hydrogens is 328 g/mol. The highest BCUT2D eigenvalue weighted by molar-refractivity contribution is 9.10. The second-order valence-electron chi connectivity index (χ2n) is 5.20. The topological polar surface area (TPSA) is 56.7 Å².